The van der Waals surface area contributed by atoms with Crippen molar-refractivity contribution in [2.75, 3.05) is 0 Å². The average Bonchev–Trinajstić information content (AvgIpc) is 2.55. The molecule has 2 rings (SSSR count). The highest BCUT2D eigenvalue weighted by Crippen LogP contribution is 2.23. The van der Waals surface area contributed by atoms with Crippen molar-refractivity contribution in [1.82, 2.24) is 4.90 Å². The highest BCUT2D eigenvalue weighted by molar-refractivity contribution is 6.21. The maximum absolute atomic E-state index is 11.8. The number of amides is 2. The Morgan fingerprint density at radius 1 is 0.938 bits per heavy atom. The summed E-state index contributed by atoms with van der Waals surface area (Å²) in [5.74, 6) is -0.360. The van der Waals surface area contributed by atoms with E-state index in [9.17, 15) is 9.59 Å². The van der Waals surface area contributed by atoms with Crippen molar-refractivity contribution in [1.29, 1.82) is 0 Å². The molecule has 1 aliphatic rings. The fourth-order valence-corrected chi connectivity index (χ4v) is 1.68. The molecule has 1 heterocycles. The molecule has 3 heteroatoms. The predicted octanol–water partition coefficient (Wildman–Crippen LogP) is 2.72. The molecule has 16 heavy (non-hydrogen) atoms. The van der Waals surface area contributed by atoms with Gasteiger partial charge in [-0.15, -0.1) is 0 Å². The molecular weight excluding hydrogens is 202 g/mol. The monoisotopic (exact) mass is 219 g/mol. The van der Waals surface area contributed by atoms with Crippen molar-refractivity contribution in [3.8, 4) is 0 Å². The van der Waals surface area contributed by atoms with Gasteiger partial charge < -0.3 is 0 Å². The van der Waals surface area contributed by atoms with E-state index in [0.29, 0.717) is 11.1 Å². The first-order valence-electron chi connectivity index (χ1n) is 5.60. The Kier molecular flexibility index (Phi) is 3.82. The van der Waals surface area contributed by atoms with Gasteiger partial charge in [-0.25, -0.2) is 0 Å². The van der Waals surface area contributed by atoms with Crippen molar-refractivity contribution >= 4 is 11.8 Å². The lowest BCUT2D eigenvalue weighted by molar-refractivity contribution is 0.0609. The first-order chi connectivity index (χ1) is 7.63. The number of nitrogens with zero attached hydrogens (tertiary/aromatic N) is 1. The molecule has 0 N–H and O–H groups in total. The second-order valence-electron chi connectivity index (χ2n) is 3.62. The predicted molar refractivity (Wildman–Crippen MR) is 63.4 cm³/mol. The first-order valence-corrected chi connectivity index (χ1v) is 5.60. The summed E-state index contributed by atoms with van der Waals surface area (Å²) in [5, 5.41) is 0. The number of rotatable bonds is 1. The van der Waals surface area contributed by atoms with Crippen LogP contribution in [0.1, 0.15) is 48.4 Å². The summed E-state index contributed by atoms with van der Waals surface area (Å²) in [6.07, 6.45) is 0. The number of hydrogen-bond acceptors (Lipinski definition) is 2. The lowest BCUT2D eigenvalue weighted by atomic mass is 10.1. The molecular formula is C13H17NO2. The highest BCUT2D eigenvalue weighted by atomic mass is 16.2. The molecule has 1 aromatic carbocycles. The Morgan fingerprint density at radius 3 is 1.62 bits per heavy atom. The molecule has 2 amide bonds. The zero-order chi connectivity index (χ0) is 12.3. The van der Waals surface area contributed by atoms with E-state index in [1.54, 1.807) is 24.3 Å². The Bertz CT molecular complexity index is 375. The van der Waals surface area contributed by atoms with E-state index >= 15 is 0 Å². The quantitative estimate of drug-likeness (QED) is 0.681. The zero-order valence-corrected chi connectivity index (χ0v) is 10.2. The molecule has 86 valence electrons. The van der Waals surface area contributed by atoms with Crippen molar-refractivity contribution in [3.05, 3.63) is 35.4 Å². The largest absolute Gasteiger partial charge is 0.272 e. The van der Waals surface area contributed by atoms with Gasteiger partial charge in [-0.05, 0) is 26.0 Å². The van der Waals surface area contributed by atoms with E-state index in [1.165, 1.54) is 4.90 Å². The summed E-state index contributed by atoms with van der Waals surface area (Å²) >= 11 is 0. The van der Waals surface area contributed by atoms with Crippen LogP contribution in [0.15, 0.2) is 24.3 Å². The van der Waals surface area contributed by atoms with Crippen molar-refractivity contribution in [3.63, 3.8) is 0 Å². The number of carbonyl (C=O) groups excluding carboxylic acids is 2. The fourth-order valence-electron chi connectivity index (χ4n) is 1.68. The number of fused-ring (bicyclic) bond motifs is 1. The van der Waals surface area contributed by atoms with Gasteiger partial charge in [0.1, 0.15) is 0 Å². The van der Waals surface area contributed by atoms with Crippen LogP contribution < -0.4 is 0 Å². The minimum absolute atomic E-state index is 0.0811. The second kappa shape index (κ2) is 4.92. The third-order valence-electron chi connectivity index (χ3n) is 2.34. The molecule has 0 spiro atoms. The zero-order valence-electron chi connectivity index (χ0n) is 10.2. The van der Waals surface area contributed by atoms with Crippen molar-refractivity contribution in [2.45, 2.75) is 33.7 Å². The van der Waals surface area contributed by atoms with Gasteiger partial charge in [0.05, 0.1) is 11.1 Å². The smallest absolute Gasteiger partial charge is 0.261 e. The maximum atomic E-state index is 11.8. The van der Waals surface area contributed by atoms with Crippen LogP contribution in [0.25, 0.3) is 0 Å². The fraction of sp³-hybridized carbons (Fsp3) is 0.385. The van der Waals surface area contributed by atoms with Crippen LogP contribution in [0.2, 0.25) is 0 Å². The van der Waals surface area contributed by atoms with Gasteiger partial charge >= 0.3 is 0 Å². The van der Waals surface area contributed by atoms with Crippen molar-refractivity contribution < 1.29 is 9.59 Å². The minimum Gasteiger partial charge on any atom is -0.272 e. The van der Waals surface area contributed by atoms with Gasteiger partial charge in [0.2, 0.25) is 0 Å². The lowest BCUT2D eigenvalue weighted by Crippen LogP contribution is -2.35. The Hall–Kier alpha value is -1.64. The molecule has 0 saturated heterocycles. The van der Waals surface area contributed by atoms with Crippen LogP contribution >= 0.6 is 0 Å². The topological polar surface area (TPSA) is 37.4 Å². The second-order valence-corrected chi connectivity index (χ2v) is 3.62. The van der Waals surface area contributed by atoms with Crippen LogP contribution in [0.4, 0.5) is 0 Å². The van der Waals surface area contributed by atoms with Gasteiger partial charge in [-0.1, -0.05) is 26.0 Å². The maximum Gasteiger partial charge on any atom is 0.261 e. The molecule has 0 atom stereocenters. The Morgan fingerprint density at radius 2 is 1.31 bits per heavy atom. The van der Waals surface area contributed by atoms with Gasteiger partial charge in [-0.2, -0.15) is 0 Å². The standard InChI is InChI=1S/C11H11NO2.C2H6/c1-7(2)12-10(13)8-5-3-4-6-9(8)11(12)14;1-2/h3-7H,1-2H3;1-2H3. The molecule has 3 nitrogen and oxygen atoms in total. The average molecular weight is 219 g/mol. The van der Waals surface area contributed by atoms with Crippen LogP contribution in [-0.4, -0.2) is 22.8 Å². The van der Waals surface area contributed by atoms with E-state index in [2.05, 4.69) is 0 Å². The van der Waals surface area contributed by atoms with E-state index in [1.807, 2.05) is 27.7 Å². The number of imide groups is 1. The highest BCUT2D eigenvalue weighted by Gasteiger charge is 2.36. The third kappa shape index (κ3) is 1.85. The summed E-state index contributed by atoms with van der Waals surface area (Å²) in [6.45, 7) is 7.67. The van der Waals surface area contributed by atoms with Gasteiger partial charge in [-0.3, -0.25) is 14.5 Å². The molecule has 1 aliphatic heterocycles. The molecule has 0 aliphatic carbocycles. The Balaban J connectivity index is 0.000000606. The van der Waals surface area contributed by atoms with Crippen LogP contribution in [0.5, 0.6) is 0 Å². The van der Waals surface area contributed by atoms with Crippen LogP contribution in [0.3, 0.4) is 0 Å². The normalized spacial score (nSPS) is 13.7. The summed E-state index contributed by atoms with van der Waals surface area (Å²) < 4.78 is 0. The molecule has 0 radical (unpaired) electrons. The summed E-state index contributed by atoms with van der Waals surface area (Å²) in [6, 6.07) is 6.85. The summed E-state index contributed by atoms with van der Waals surface area (Å²) in [4.78, 5) is 24.8. The number of carbonyl (C=O) groups is 2. The number of benzene rings is 1. The molecule has 0 unspecified atom stereocenters. The van der Waals surface area contributed by atoms with Crippen LogP contribution in [0, 0.1) is 0 Å². The van der Waals surface area contributed by atoms with E-state index in [-0.39, 0.29) is 17.9 Å². The molecule has 1 aromatic rings. The molecule has 0 fully saturated rings. The van der Waals surface area contributed by atoms with Crippen LogP contribution in [-0.2, 0) is 0 Å². The van der Waals surface area contributed by atoms with Gasteiger partial charge in [0.15, 0.2) is 0 Å². The summed E-state index contributed by atoms with van der Waals surface area (Å²) in [7, 11) is 0. The SMILES string of the molecule is CC.CC(C)N1C(=O)c2ccccc2C1=O. The van der Waals surface area contributed by atoms with Crippen molar-refractivity contribution in [2.24, 2.45) is 0 Å². The first kappa shape index (κ1) is 12.4. The molecule has 0 bridgehead atoms. The Labute approximate surface area is 96.1 Å². The molecule has 0 saturated carbocycles. The van der Waals surface area contributed by atoms with Gasteiger partial charge in [0.25, 0.3) is 11.8 Å². The van der Waals surface area contributed by atoms with E-state index in [0.717, 1.165) is 0 Å². The summed E-state index contributed by atoms with van der Waals surface area (Å²) in [5.41, 5.74) is 1.04. The molecule has 0 aromatic heterocycles. The lowest BCUT2D eigenvalue weighted by Gasteiger charge is -2.17. The van der Waals surface area contributed by atoms with E-state index in [4.69, 9.17) is 0 Å². The third-order valence-corrected chi connectivity index (χ3v) is 2.34. The minimum atomic E-state index is -0.180. The van der Waals surface area contributed by atoms with E-state index < -0.39 is 0 Å². The van der Waals surface area contributed by atoms with Gasteiger partial charge in [0, 0.05) is 6.04 Å². The number of hydrogen-bond donors (Lipinski definition) is 0.